The number of fused-ring (bicyclic) bond motifs is 1. The Kier molecular flexibility index (Phi) is 7.33. The Morgan fingerprint density at radius 3 is 2.49 bits per heavy atom. The standard InChI is InChI=1S/C30H34O5/c31-24(17-20-7-3-1-4-8-20)15-16-25-26-18-29(32)34-28(26)19-27(25)35-30(33)23-13-11-22(12-14-23)21-9-5-2-6-10-21/h2,5-6,9-16,20,24-28,31H,1,3-4,7-8,17-19H2/t24?,25-,26-,27-,28+/m1/s1. The average Bonchev–Trinajstić information content (AvgIpc) is 3.39. The third-order valence-corrected chi connectivity index (χ3v) is 7.89. The number of carbonyl (C=O) groups excluding carboxylic acids is 2. The first-order valence-corrected chi connectivity index (χ1v) is 13.0. The molecule has 5 rings (SSSR count). The second-order valence-electron chi connectivity index (χ2n) is 10.3. The quantitative estimate of drug-likeness (QED) is 0.411. The summed E-state index contributed by atoms with van der Waals surface area (Å²) >= 11 is 0. The zero-order chi connectivity index (χ0) is 24.2. The van der Waals surface area contributed by atoms with E-state index < -0.39 is 6.10 Å². The minimum atomic E-state index is -0.517. The van der Waals surface area contributed by atoms with Gasteiger partial charge in [0.15, 0.2) is 0 Å². The Labute approximate surface area is 207 Å². The van der Waals surface area contributed by atoms with E-state index in [0.717, 1.165) is 17.5 Å². The van der Waals surface area contributed by atoms with Crippen LogP contribution < -0.4 is 0 Å². The first-order chi connectivity index (χ1) is 17.1. The summed E-state index contributed by atoms with van der Waals surface area (Å²) < 4.78 is 11.4. The second kappa shape index (κ2) is 10.8. The molecule has 5 nitrogen and oxygen atoms in total. The lowest BCUT2D eigenvalue weighted by Gasteiger charge is -2.24. The highest BCUT2D eigenvalue weighted by Crippen LogP contribution is 2.44. The molecule has 3 aliphatic rings. The topological polar surface area (TPSA) is 72.8 Å². The lowest BCUT2D eigenvalue weighted by Crippen LogP contribution is -2.25. The summed E-state index contributed by atoms with van der Waals surface area (Å²) in [7, 11) is 0. The smallest absolute Gasteiger partial charge is 0.338 e. The fourth-order valence-electron chi connectivity index (χ4n) is 6.02. The van der Waals surface area contributed by atoms with Crippen LogP contribution in [0.4, 0.5) is 0 Å². The number of aliphatic hydroxyl groups is 1. The normalized spacial score (nSPS) is 27.5. The number of hydrogen-bond acceptors (Lipinski definition) is 5. The Morgan fingerprint density at radius 1 is 1.03 bits per heavy atom. The predicted octanol–water partition coefficient (Wildman–Crippen LogP) is 5.72. The lowest BCUT2D eigenvalue weighted by atomic mass is 9.85. The van der Waals surface area contributed by atoms with Gasteiger partial charge in [-0.3, -0.25) is 4.79 Å². The molecule has 5 atom stereocenters. The van der Waals surface area contributed by atoms with Crippen molar-refractivity contribution in [3.8, 4) is 11.1 Å². The Hall–Kier alpha value is -2.92. The maximum atomic E-state index is 13.0. The summed E-state index contributed by atoms with van der Waals surface area (Å²) in [5.74, 6) is -0.146. The van der Waals surface area contributed by atoms with Gasteiger partial charge in [0.1, 0.15) is 12.2 Å². The number of aliphatic hydroxyl groups excluding tert-OH is 1. The number of rotatable bonds is 7. The molecule has 1 unspecified atom stereocenters. The molecule has 5 heteroatoms. The SMILES string of the molecule is O=C1C[C@@H]2[C@@H](C=CC(O)CC3CCCCC3)[C@H](OC(=O)c3ccc(-c4ccccc4)cc3)C[C@@H]2O1. The van der Waals surface area contributed by atoms with Crippen molar-refractivity contribution in [2.24, 2.45) is 17.8 Å². The van der Waals surface area contributed by atoms with Crippen molar-refractivity contribution in [3.05, 3.63) is 72.3 Å². The van der Waals surface area contributed by atoms with Crippen LogP contribution in [0.3, 0.4) is 0 Å². The highest BCUT2D eigenvalue weighted by atomic mass is 16.6. The second-order valence-corrected chi connectivity index (χ2v) is 10.3. The van der Waals surface area contributed by atoms with Crippen molar-refractivity contribution in [1.29, 1.82) is 0 Å². The summed E-state index contributed by atoms with van der Waals surface area (Å²) in [6.45, 7) is 0. The Morgan fingerprint density at radius 2 is 1.74 bits per heavy atom. The predicted molar refractivity (Wildman–Crippen MR) is 134 cm³/mol. The van der Waals surface area contributed by atoms with E-state index in [4.69, 9.17) is 9.47 Å². The minimum absolute atomic E-state index is 0.0149. The number of hydrogen-bond donors (Lipinski definition) is 1. The van der Waals surface area contributed by atoms with Crippen LogP contribution in [-0.2, 0) is 14.3 Å². The molecular formula is C30H34O5. The van der Waals surface area contributed by atoms with Gasteiger partial charge in [-0.2, -0.15) is 0 Å². The first kappa shape index (κ1) is 23.8. The fourth-order valence-corrected chi connectivity index (χ4v) is 6.02. The molecule has 2 saturated carbocycles. The lowest BCUT2D eigenvalue weighted by molar-refractivity contribution is -0.141. The monoisotopic (exact) mass is 474 g/mol. The largest absolute Gasteiger partial charge is 0.462 e. The number of carbonyl (C=O) groups is 2. The highest BCUT2D eigenvalue weighted by molar-refractivity contribution is 5.90. The number of benzene rings is 2. The average molecular weight is 475 g/mol. The van der Waals surface area contributed by atoms with Crippen LogP contribution in [0.2, 0.25) is 0 Å². The third kappa shape index (κ3) is 5.67. The molecule has 0 amide bonds. The van der Waals surface area contributed by atoms with Crippen molar-refractivity contribution in [2.45, 2.75) is 69.7 Å². The molecule has 1 saturated heterocycles. The van der Waals surface area contributed by atoms with Gasteiger partial charge in [0.2, 0.25) is 0 Å². The van der Waals surface area contributed by atoms with Crippen molar-refractivity contribution in [3.63, 3.8) is 0 Å². The van der Waals surface area contributed by atoms with Gasteiger partial charge >= 0.3 is 11.9 Å². The molecule has 0 aromatic heterocycles. The summed E-state index contributed by atoms with van der Waals surface area (Å²) in [4.78, 5) is 24.9. The van der Waals surface area contributed by atoms with Gasteiger partial charge in [0.05, 0.1) is 18.1 Å². The fraction of sp³-hybridized carbons (Fsp3) is 0.467. The van der Waals surface area contributed by atoms with E-state index in [1.807, 2.05) is 54.6 Å². The number of esters is 2. The van der Waals surface area contributed by atoms with Crippen molar-refractivity contribution >= 4 is 11.9 Å². The van der Waals surface area contributed by atoms with Crippen molar-refractivity contribution in [1.82, 2.24) is 0 Å². The molecule has 0 bridgehead atoms. The molecule has 1 N–H and O–H groups in total. The first-order valence-electron chi connectivity index (χ1n) is 13.0. The highest BCUT2D eigenvalue weighted by Gasteiger charge is 2.50. The maximum Gasteiger partial charge on any atom is 0.338 e. The van der Waals surface area contributed by atoms with Gasteiger partial charge in [-0.15, -0.1) is 0 Å². The molecule has 2 aliphatic carbocycles. The van der Waals surface area contributed by atoms with Gasteiger partial charge < -0.3 is 14.6 Å². The molecule has 0 spiro atoms. The van der Waals surface area contributed by atoms with Gasteiger partial charge in [0.25, 0.3) is 0 Å². The summed E-state index contributed by atoms with van der Waals surface area (Å²) in [5.41, 5.74) is 2.63. The van der Waals surface area contributed by atoms with Gasteiger partial charge in [-0.25, -0.2) is 4.79 Å². The molecule has 184 valence electrons. The summed E-state index contributed by atoms with van der Waals surface area (Å²) in [5, 5.41) is 10.6. The van der Waals surface area contributed by atoms with Crippen molar-refractivity contribution < 1.29 is 24.2 Å². The third-order valence-electron chi connectivity index (χ3n) is 7.89. The van der Waals surface area contributed by atoms with Crippen molar-refractivity contribution in [2.75, 3.05) is 0 Å². The van der Waals surface area contributed by atoms with Gasteiger partial charge in [-0.05, 0) is 35.6 Å². The Bertz CT molecular complexity index is 1040. The summed E-state index contributed by atoms with van der Waals surface area (Å²) in [6.07, 6.45) is 10.5. The van der Waals surface area contributed by atoms with Gasteiger partial charge in [0, 0.05) is 18.3 Å². The van der Waals surface area contributed by atoms with Gasteiger partial charge in [-0.1, -0.05) is 86.7 Å². The Balaban J connectivity index is 1.25. The molecule has 35 heavy (non-hydrogen) atoms. The van der Waals surface area contributed by atoms with Crippen LogP contribution in [0, 0.1) is 17.8 Å². The van der Waals surface area contributed by atoms with Crippen LogP contribution in [0.5, 0.6) is 0 Å². The van der Waals surface area contributed by atoms with E-state index in [1.165, 1.54) is 32.1 Å². The van der Waals surface area contributed by atoms with Crippen LogP contribution in [0.1, 0.15) is 61.7 Å². The van der Waals surface area contributed by atoms with Crippen LogP contribution >= 0.6 is 0 Å². The van der Waals surface area contributed by atoms with Crippen LogP contribution in [-0.4, -0.2) is 35.4 Å². The van der Waals surface area contributed by atoms with E-state index in [0.29, 0.717) is 24.3 Å². The zero-order valence-corrected chi connectivity index (χ0v) is 20.1. The van der Waals surface area contributed by atoms with E-state index in [1.54, 1.807) is 12.1 Å². The minimum Gasteiger partial charge on any atom is -0.462 e. The van der Waals surface area contributed by atoms with E-state index >= 15 is 0 Å². The van der Waals surface area contributed by atoms with Crippen LogP contribution in [0.15, 0.2) is 66.7 Å². The maximum absolute atomic E-state index is 13.0. The molecule has 2 aromatic rings. The molecule has 0 radical (unpaired) electrons. The number of ether oxygens (including phenoxy) is 2. The van der Waals surface area contributed by atoms with E-state index in [-0.39, 0.29) is 36.0 Å². The molecule has 2 aromatic carbocycles. The zero-order valence-electron chi connectivity index (χ0n) is 20.1. The molecule has 3 fully saturated rings. The van der Waals surface area contributed by atoms with E-state index in [9.17, 15) is 14.7 Å². The van der Waals surface area contributed by atoms with E-state index in [2.05, 4.69) is 0 Å². The molecule has 1 heterocycles. The van der Waals surface area contributed by atoms with Crippen LogP contribution in [0.25, 0.3) is 11.1 Å². The molecular weight excluding hydrogens is 440 g/mol. The summed E-state index contributed by atoms with van der Waals surface area (Å²) in [6, 6.07) is 17.5. The molecule has 1 aliphatic heterocycles.